The van der Waals surface area contributed by atoms with Crippen molar-refractivity contribution in [2.75, 3.05) is 40.0 Å². The average molecular weight is 315 g/mol. The molecular formula is C17H21N3O3. The van der Waals surface area contributed by atoms with Gasteiger partial charge in [-0.15, -0.1) is 0 Å². The van der Waals surface area contributed by atoms with Gasteiger partial charge >= 0.3 is 0 Å². The molecule has 23 heavy (non-hydrogen) atoms. The highest BCUT2D eigenvalue weighted by atomic mass is 16.5. The highest BCUT2D eigenvalue weighted by Crippen LogP contribution is 2.11. The van der Waals surface area contributed by atoms with Crippen molar-refractivity contribution in [3.8, 4) is 11.8 Å². The fraction of sp³-hybridized carbons (Fsp3) is 0.412. The van der Waals surface area contributed by atoms with Crippen LogP contribution >= 0.6 is 0 Å². The van der Waals surface area contributed by atoms with E-state index < -0.39 is 0 Å². The molecule has 0 unspecified atom stereocenters. The molecule has 6 heteroatoms. The number of amides is 1. The number of nitrogens with one attached hydrogen (secondary N) is 1. The zero-order valence-corrected chi connectivity index (χ0v) is 13.2. The van der Waals surface area contributed by atoms with Crippen molar-refractivity contribution in [1.29, 1.82) is 5.26 Å². The van der Waals surface area contributed by atoms with Crippen molar-refractivity contribution < 1.29 is 14.3 Å². The number of morpholine rings is 1. The molecule has 1 fully saturated rings. The van der Waals surface area contributed by atoms with Gasteiger partial charge in [0.05, 0.1) is 20.3 Å². The summed E-state index contributed by atoms with van der Waals surface area (Å²) in [5.74, 6) is 0.581. The molecule has 6 nitrogen and oxygen atoms in total. The Kier molecular flexibility index (Phi) is 6.45. The number of benzene rings is 1. The van der Waals surface area contributed by atoms with E-state index >= 15 is 0 Å². The predicted molar refractivity (Wildman–Crippen MR) is 85.8 cm³/mol. The summed E-state index contributed by atoms with van der Waals surface area (Å²) in [4.78, 5) is 13.8. The summed E-state index contributed by atoms with van der Waals surface area (Å²) < 4.78 is 10.3. The molecule has 1 saturated heterocycles. The number of carbonyl (C=O) groups is 1. The van der Waals surface area contributed by atoms with Crippen LogP contribution in [0.25, 0.3) is 0 Å². The van der Waals surface area contributed by atoms with Crippen LogP contribution in [0, 0.1) is 11.3 Å². The molecule has 0 saturated carbocycles. The van der Waals surface area contributed by atoms with Crippen LogP contribution < -0.4 is 10.1 Å². The lowest BCUT2D eigenvalue weighted by atomic mass is 10.1. The first-order chi connectivity index (χ1) is 11.2. The Morgan fingerprint density at radius 3 is 2.70 bits per heavy atom. The highest BCUT2D eigenvalue weighted by molar-refractivity contribution is 5.97. The lowest BCUT2D eigenvalue weighted by Crippen LogP contribution is -2.41. The van der Waals surface area contributed by atoms with Crippen LogP contribution in [-0.2, 0) is 16.0 Å². The first-order valence-electron chi connectivity index (χ1n) is 7.58. The van der Waals surface area contributed by atoms with Gasteiger partial charge in [-0.05, 0) is 24.1 Å². The van der Waals surface area contributed by atoms with E-state index in [1.54, 1.807) is 12.0 Å². The fourth-order valence-corrected chi connectivity index (χ4v) is 2.26. The van der Waals surface area contributed by atoms with Crippen LogP contribution in [0.3, 0.4) is 0 Å². The van der Waals surface area contributed by atoms with E-state index in [1.807, 2.05) is 30.3 Å². The van der Waals surface area contributed by atoms with Crippen molar-refractivity contribution in [1.82, 2.24) is 10.2 Å². The van der Waals surface area contributed by atoms with Crippen molar-refractivity contribution in [2.24, 2.45) is 0 Å². The molecule has 1 aliphatic heterocycles. The van der Waals surface area contributed by atoms with Gasteiger partial charge in [0.1, 0.15) is 17.4 Å². The van der Waals surface area contributed by atoms with E-state index in [0.717, 1.165) is 17.7 Å². The molecule has 1 aromatic rings. The number of carbonyl (C=O) groups excluding carboxylic acids is 1. The standard InChI is InChI=1S/C17H21N3O3/c1-22-16-4-2-14(3-5-16)6-7-19-13-15(12-18)17(21)20-8-10-23-11-9-20/h2-5,13,19H,6-11H2,1H3/b15-13-. The number of hydrogen-bond donors (Lipinski definition) is 1. The van der Waals surface area contributed by atoms with Crippen LogP contribution in [0.15, 0.2) is 36.0 Å². The van der Waals surface area contributed by atoms with Gasteiger partial charge < -0.3 is 19.7 Å². The average Bonchev–Trinajstić information content (AvgIpc) is 2.62. The molecule has 2 rings (SSSR count). The molecule has 0 spiro atoms. The van der Waals surface area contributed by atoms with Gasteiger partial charge in [0.15, 0.2) is 0 Å². The Morgan fingerprint density at radius 2 is 2.09 bits per heavy atom. The summed E-state index contributed by atoms with van der Waals surface area (Å²) in [6, 6.07) is 9.77. The lowest BCUT2D eigenvalue weighted by molar-refractivity contribution is -0.130. The van der Waals surface area contributed by atoms with Crippen molar-refractivity contribution >= 4 is 5.91 Å². The molecular weight excluding hydrogens is 294 g/mol. The fourth-order valence-electron chi connectivity index (χ4n) is 2.26. The molecule has 0 radical (unpaired) electrons. The summed E-state index contributed by atoms with van der Waals surface area (Å²) in [5.41, 5.74) is 1.28. The molecule has 1 N–H and O–H groups in total. The summed E-state index contributed by atoms with van der Waals surface area (Å²) in [7, 11) is 1.64. The van der Waals surface area contributed by atoms with Crippen molar-refractivity contribution in [2.45, 2.75) is 6.42 Å². The van der Waals surface area contributed by atoms with Gasteiger partial charge in [-0.3, -0.25) is 4.79 Å². The number of methoxy groups -OCH3 is 1. The number of ether oxygens (including phenoxy) is 2. The van der Waals surface area contributed by atoms with Crippen molar-refractivity contribution in [3.63, 3.8) is 0 Å². The third-order valence-electron chi connectivity index (χ3n) is 3.61. The molecule has 1 aromatic carbocycles. The maximum absolute atomic E-state index is 12.2. The van der Waals surface area contributed by atoms with Gasteiger partial charge in [0.25, 0.3) is 5.91 Å². The first-order valence-corrected chi connectivity index (χ1v) is 7.58. The number of hydrogen-bond acceptors (Lipinski definition) is 5. The molecule has 122 valence electrons. The van der Waals surface area contributed by atoms with Gasteiger partial charge in [0, 0.05) is 25.8 Å². The number of nitriles is 1. The van der Waals surface area contributed by atoms with E-state index in [1.165, 1.54) is 6.20 Å². The maximum atomic E-state index is 12.2. The Morgan fingerprint density at radius 1 is 1.39 bits per heavy atom. The van der Waals surface area contributed by atoms with Crippen LogP contribution in [0.1, 0.15) is 5.56 Å². The second kappa shape index (κ2) is 8.81. The normalized spacial score (nSPS) is 15.0. The van der Waals surface area contributed by atoms with E-state index in [0.29, 0.717) is 32.8 Å². The third-order valence-corrected chi connectivity index (χ3v) is 3.61. The van der Waals surface area contributed by atoms with E-state index in [9.17, 15) is 4.79 Å². The maximum Gasteiger partial charge on any atom is 0.266 e. The number of nitrogens with zero attached hydrogens (tertiary/aromatic N) is 2. The molecule has 0 aromatic heterocycles. The van der Waals surface area contributed by atoms with Crippen molar-refractivity contribution in [3.05, 3.63) is 41.6 Å². The summed E-state index contributed by atoms with van der Waals surface area (Å²) in [5, 5.41) is 12.2. The predicted octanol–water partition coefficient (Wildman–Crippen LogP) is 1.09. The minimum atomic E-state index is -0.243. The van der Waals surface area contributed by atoms with Gasteiger partial charge in [-0.2, -0.15) is 5.26 Å². The minimum absolute atomic E-state index is 0.127. The summed E-state index contributed by atoms with van der Waals surface area (Å²) >= 11 is 0. The molecule has 1 heterocycles. The van der Waals surface area contributed by atoms with Crippen LogP contribution in [0.2, 0.25) is 0 Å². The zero-order chi connectivity index (χ0) is 16.5. The molecule has 0 atom stereocenters. The quantitative estimate of drug-likeness (QED) is 0.483. The van der Waals surface area contributed by atoms with Gasteiger partial charge in [-0.1, -0.05) is 12.1 Å². The van der Waals surface area contributed by atoms with Gasteiger partial charge in [-0.25, -0.2) is 0 Å². The monoisotopic (exact) mass is 315 g/mol. The van der Waals surface area contributed by atoms with Crippen LogP contribution in [-0.4, -0.2) is 50.8 Å². The highest BCUT2D eigenvalue weighted by Gasteiger charge is 2.20. The van der Waals surface area contributed by atoms with E-state index in [4.69, 9.17) is 14.7 Å². The van der Waals surface area contributed by atoms with E-state index in [-0.39, 0.29) is 11.5 Å². The smallest absolute Gasteiger partial charge is 0.266 e. The summed E-state index contributed by atoms with van der Waals surface area (Å²) in [6.07, 6.45) is 2.30. The Balaban J connectivity index is 1.82. The Labute approximate surface area is 136 Å². The molecule has 1 amide bonds. The molecule has 0 bridgehead atoms. The topological polar surface area (TPSA) is 74.6 Å². The number of rotatable bonds is 6. The van der Waals surface area contributed by atoms with Gasteiger partial charge in [0.2, 0.25) is 0 Å². The second-order valence-corrected chi connectivity index (χ2v) is 5.13. The SMILES string of the molecule is COc1ccc(CCN/C=C(/C#N)C(=O)N2CCOCC2)cc1. The Hall–Kier alpha value is -2.52. The largest absolute Gasteiger partial charge is 0.497 e. The van der Waals surface area contributed by atoms with Crippen LogP contribution in [0.4, 0.5) is 0 Å². The minimum Gasteiger partial charge on any atom is -0.497 e. The third kappa shape index (κ3) is 5.01. The summed E-state index contributed by atoms with van der Waals surface area (Å²) in [6.45, 7) is 2.76. The molecule has 1 aliphatic rings. The van der Waals surface area contributed by atoms with Crippen LogP contribution in [0.5, 0.6) is 5.75 Å². The second-order valence-electron chi connectivity index (χ2n) is 5.13. The zero-order valence-electron chi connectivity index (χ0n) is 13.2. The lowest BCUT2D eigenvalue weighted by Gasteiger charge is -2.26. The Bertz CT molecular complexity index is 584. The van der Waals surface area contributed by atoms with E-state index in [2.05, 4.69) is 5.32 Å². The molecule has 0 aliphatic carbocycles. The first kappa shape index (κ1) is 16.8.